The number of esters is 1. The van der Waals surface area contributed by atoms with E-state index in [9.17, 15) is 9.59 Å². The number of carboxylic acid groups (broad SMARTS) is 1. The molecular formula is C22H36MgO4. The van der Waals surface area contributed by atoms with E-state index in [0.29, 0.717) is 6.42 Å². The maximum absolute atomic E-state index is 11.4. The fourth-order valence-electron chi connectivity index (χ4n) is 2.15. The Morgan fingerprint density at radius 3 is 2.07 bits per heavy atom. The summed E-state index contributed by atoms with van der Waals surface area (Å²) in [5.41, 5.74) is 0.0234. The van der Waals surface area contributed by atoms with E-state index < -0.39 is 5.97 Å². The summed E-state index contributed by atoms with van der Waals surface area (Å²) in [6, 6.07) is 0. The Kier molecular flexibility index (Phi) is 21.7. The molecule has 0 aliphatic carbocycles. The van der Waals surface area contributed by atoms with E-state index in [-0.39, 0.29) is 37.4 Å². The van der Waals surface area contributed by atoms with Crippen molar-refractivity contribution in [2.75, 3.05) is 0 Å². The Balaban J connectivity index is -0.00000104. The number of allylic oxidation sites excluding steroid dienone is 6. The number of ether oxygens (including phenoxy) is 1. The average Bonchev–Trinajstić information content (AvgIpc) is 2.62. The molecule has 0 saturated carbocycles. The molecule has 0 fully saturated rings. The molecule has 0 unspecified atom stereocenters. The Labute approximate surface area is 183 Å². The third-order valence-electron chi connectivity index (χ3n) is 3.74. The Hall–Kier alpha value is -1.33. The van der Waals surface area contributed by atoms with Crippen LogP contribution in [0.2, 0.25) is 0 Å². The predicted molar refractivity (Wildman–Crippen MR) is 115 cm³/mol. The van der Waals surface area contributed by atoms with Crippen LogP contribution in [0.1, 0.15) is 80.9 Å². The molecule has 0 aromatic rings. The van der Waals surface area contributed by atoms with E-state index >= 15 is 0 Å². The second kappa shape index (κ2) is 21.0. The molecule has 0 aliphatic heterocycles. The van der Waals surface area contributed by atoms with Gasteiger partial charge in [-0.05, 0) is 45.4 Å². The van der Waals surface area contributed by atoms with Crippen LogP contribution in [0.4, 0.5) is 0 Å². The molecule has 0 atom stereocenters. The molecule has 0 bridgehead atoms. The zero-order chi connectivity index (χ0) is 19.5. The average molecular weight is 389 g/mol. The fraction of sp³-hybridized carbons (Fsp3) is 0.545. The minimum atomic E-state index is -1.08. The van der Waals surface area contributed by atoms with Crippen molar-refractivity contribution in [1.82, 2.24) is 0 Å². The maximum atomic E-state index is 11.4. The monoisotopic (exact) mass is 388 g/mol. The number of carbonyl (C=O) groups is 2. The van der Waals surface area contributed by atoms with Gasteiger partial charge in [0.1, 0.15) is 6.26 Å². The zero-order valence-corrected chi connectivity index (χ0v) is 18.4. The summed E-state index contributed by atoms with van der Waals surface area (Å²) in [7, 11) is 0. The van der Waals surface area contributed by atoms with E-state index in [1.165, 1.54) is 13.3 Å². The van der Waals surface area contributed by atoms with Crippen molar-refractivity contribution in [2.45, 2.75) is 78.1 Å². The van der Waals surface area contributed by atoms with Gasteiger partial charge < -0.3 is 12.7 Å². The number of carboxylic acids is 1. The minimum Gasteiger partial charge on any atom is -1.00 e. The van der Waals surface area contributed by atoms with Gasteiger partial charge in [-0.25, -0.2) is 4.79 Å². The summed E-state index contributed by atoms with van der Waals surface area (Å²) in [6.07, 6.45) is 24.0. The Morgan fingerprint density at radius 2 is 1.44 bits per heavy atom. The summed E-state index contributed by atoms with van der Waals surface area (Å²) in [6.45, 7) is 3.53. The first-order valence-corrected chi connectivity index (χ1v) is 9.62. The first-order valence-electron chi connectivity index (χ1n) is 9.62. The topological polar surface area (TPSA) is 63.6 Å². The molecule has 0 aromatic carbocycles. The largest absolute Gasteiger partial charge is 2.00 e. The van der Waals surface area contributed by atoms with Crippen molar-refractivity contribution in [2.24, 2.45) is 0 Å². The van der Waals surface area contributed by atoms with Crippen molar-refractivity contribution in [3.8, 4) is 0 Å². The number of rotatable bonds is 15. The molecule has 0 rings (SSSR count). The fourth-order valence-corrected chi connectivity index (χ4v) is 2.15. The molecule has 0 radical (unpaired) electrons. The van der Waals surface area contributed by atoms with Gasteiger partial charge >= 0.3 is 35.0 Å². The van der Waals surface area contributed by atoms with Crippen LogP contribution >= 0.6 is 0 Å². The van der Waals surface area contributed by atoms with Crippen LogP contribution in [-0.4, -0.2) is 40.1 Å². The zero-order valence-electron chi connectivity index (χ0n) is 19.0. The van der Waals surface area contributed by atoms with Gasteiger partial charge in [0, 0.05) is 6.42 Å². The molecule has 5 heteroatoms. The van der Waals surface area contributed by atoms with Crippen LogP contribution in [-0.2, 0) is 14.3 Å². The summed E-state index contributed by atoms with van der Waals surface area (Å²) in [5, 5.41) is 8.64. The molecule has 0 aromatic heterocycles. The molecule has 0 heterocycles. The van der Waals surface area contributed by atoms with Crippen LogP contribution in [0.25, 0.3) is 0 Å². The van der Waals surface area contributed by atoms with Gasteiger partial charge in [-0.1, -0.05) is 62.6 Å². The van der Waals surface area contributed by atoms with Gasteiger partial charge in [-0.2, -0.15) is 0 Å². The summed E-state index contributed by atoms with van der Waals surface area (Å²) in [4.78, 5) is 22.0. The normalized spacial score (nSPS) is 12.0. The number of hydrogen-bond donors (Lipinski definition) is 1. The van der Waals surface area contributed by atoms with Crippen molar-refractivity contribution in [1.29, 1.82) is 0 Å². The SMILES string of the molecule is CC/C=C\C/C=C\C/C=C\CCCCCCCC(=O)OC=C(C)C(=O)O.[H-].[H-].[Mg+2]. The maximum Gasteiger partial charge on any atom is 2.00 e. The molecule has 0 amide bonds. The molecule has 4 nitrogen and oxygen atoms in total. The van der Waals surface area contributed by atoms with Crippen molar-refractivity contribution >= 4 is 35.0 Å². The standard InChI is InChI=1S/C22H34O4.Mg.2H/c1-3-4-5-6-7-8-9-10-11-12-13-14-15-16-17-18-21(23)26-19-20(2)22(24)25;;;/h4-5,7-8,10-11,19H,3,6,9,12-18H2,1-2H3,(H,24,25);;;/q;+2;2*-1/b5-4-,8-7-,11-10-,20-19?;;;. The van der Waals surface area contributed by atoms with E-state index in [1.54, 1.807) is 0 Å². The third kappa shape index (κ3) is 20.8. The second-order valence-corrected chi connectivity index (χ2v) is 6.20. The van der Waals surface area contributed by atoms with Gasteiger partial charge in [0.25, 0.3) is 0 Å². The van der Waals surface area contributed by atoms with Crippen LogP contribution < -0.4 is 0 Å². The van der Waals surface area contributed by atoms with Gasteiger partial charge in [0.05, 0.1) is 5.57 Å². The first-order chi connectivity index (χ1) is 12.6. The molecule has 0 aliphatic rings. The first kappa shape index (κ1) is 27.9. The van der Waals surface area contributed by atoms with Gasteiger partial charge in [0.2, 0.25) is 0 Å². The van der Waals surface area contributed by atoms with Gasteiger partial charge in [0.15, 0.2) is 0 Å². The molecule has 1 N–H and O–H groups in total. The van der Waals surface area contributed by atoms with Crippen LogP contribution in [0.3, 0.4) is 0 Å². The van der Waals surface area contributed by atoms with Crippen molar-refractivity contribution in [3.63, 3.8) is 0 Å². The van der Waals surface area contributed by atoms with Crippen LogP contribution in [0, 0.1) is 0 Å². The van der Waals surface area contributed by atoms with E-state index in [0.717, 1.165) is 57.6 Å². The Morgan fingerprint density at radius 1 is 0.889 bits per heavy atom. The molecule has 0 spiro atoms. The van der Waals surface area contributed by atoms with Crippen LogP contribution in [0.15, 0.2) is 48.3 Å². The summed E-state index contributed by atoms with van der Waals surface area (Å²) >= 11 is 0. The predicted octanol–water partition coefficient (Wildman–Crippen LogP) is 5.95. The van der Waals surface area contributed by atoms with Crippen LogP contribution in [0.5, 0.6) is 0 Å². The van der Waals surface area contributed by atoms with Gasteiger partial charge in [-0.15, -0.1) is 0 Å². The Bertz CT molecular complexity index is 515. The quantitative estimate of drug-likeness (QED) is 0.0939. The second-order valence-electron chi connectivity index (χ2n) is 6.20. The number of carbonyl (C=O) groups excluding carboxylic acids is 1. The molecule has 0 saturated heterocycles. The number of unbranched alkanes of at least 4 members (excludes halogenated alkanes) is 5. The van der Waals surface area contributed by atoms with E-state index in [1.807, 2.05) is 0 Å². The minimum absolute atomic E-state index is 0. The van der Waals surface area contributed by atoms with E-state index in [2.05, 4.69) is 43.4 Å². The van der Waals surface area contributed by atoms with Gasteiger partial charge in [-0.3, -0.25) is 4.79 Å². The number of aliphatic carboxylic acids is 1. The summed E-state index contributed by atoms with van der Waals surface area (Å²) < 4.78 is 4.78. The van der Waals surface area contributed by atoms with E-state index in [4.69, 9.17) is 9.84 Å². The number of hydrogen-bond acceptors (Lipinski definition) is 3. The smallest absolute Gasteiger partial charge is 1.00 e. The van der Waals surface area contributed by atoms with Crippen molar-refractivity contribution in [3.05, 3.63) is 48.3 Å². The molecule has 27 heavy (non-hydrogen) atoms. The molecule has 150 valence electrons. The van der Waals surface area contributed by atoms with Crippen molar-refractivity contribution < 1.29 is 22.3 Å². The molecular weight excluding hydrogens is 353 g/mol. The third-order valence-corrected chi connectivity index (χ3v) is 3.74. The summed E-state index contributed by atoms with van der Waals surface area (Å²) in [5.74, 6) is -1.45.